The third kappa shape index (κ3) is 3.22. The van der Waals surface area contributed by atoms with Crippen LogP contribution >= 0.6 is 0 Å². The molecule has 0 amide bonds. The number of pyridine rings is 1. The molecule has 0 spiro atoms. The lowest BCUT2D eigenvalue weighted by atomic mass is 10.1. The van der Waals surface area contributed by atoms with E-state index in [1.54, 1.807) is 12.1 Å². The fourth-order valence-electron chi connectivity index (χ4n) is 3.20. The van der Waals surface area contributed by atoms with Crippen molar-refractivity contribution >= 4 is 17.3 Å². The highest BCUT2D eigenvalue weighted by Crippen LogP contribution is 2.22. The Kier molecular flexibility index (Phi) is 3.91. The zero-order valence-corrected chi connectivity index (χ0v) is 14.4. The molecule has 1 N–H and O–H groups in total. The third-order valence-electron chi connectivity index (χ3n) is 4.55. The van der Waals surface area contributed by atoms with Gasteiger partial charge in [0, 0.05) is 38.0 Å². The summed E-state index contributed by atoms with van der Waals surface area (Å²) in [5, 5.41) is 3.39. The Bertz CT molecular complexity index is 944. The molecule has 7 nitrogen and oxygen atoms in total. The maximum atomic E-state index is 12.2. The van der Waals surface area contributed by atoms with Gasteiger partial charge in [-0.1, -0.05) is 6.07 Å². The van der Waals surface area contributed by atoms with Crippen LogP contribution in [0.4, 0.5) is 11.6 Å². The largest absolute Gasteiger partial charge is 0.375 e. The topological polar surface area (TPSA) is 75.7 Å². The van der Waals surface area contributed by atoms with Crippen molar-refractivity contribution in [1.29, 1.82) is 0 Å². The van der Waals surface area contributed by atoms with E-state index < -0.39 is 0 Å². The van der Waals surface area contributed by atoms with Gasteiger partial charge in [0.1, 0.15) is 17.4 Å². The number of rotatable bonds is 4. The zero-order chi connectivity index (χ0) is 17.4. The molecule has 7 heteroatoms. The van der Waals surface area contributed by atoms with E-state index in [1.165, 1.54) is 4.57 Å². The van der Waals surface area contributed by atoms with Crippen LogP contribution in [0.2, 0.25) is 0 Å². The lowest BCUT2D eigenvalue weighted by Gasteiger charge is -2.17. The van der Waals surface area contributed by atoms with Crippen LogP contribution in [0.3, 0.4) is 0 Å². The van der Waals surface area contributed by atoms with E-state index in [4.69, 9.17) is 4.52 Å². The number of aryl methyl sites for hydroxylation is 2. The molecule has 3 aromatic heterocycles. The predicted octanol–water partition coefficient (Wildman–Crippen LogP) is 2.24. The van der Waals surface area contributed by atoms with Gasteiger partial charge in [0.2, 0.25) is 0 Å². The van der Waals surface area contributed by atoms with E-state index in [1.807, 2.05) is 26.1 Å². The molecule has 0 aliphatic carbocycles. The Balaban J connectivity index is 1.43. The number of nitrogens with zero attached hydrogens (tertiary/aromatic N) is 4. The summed E-state index contributed by atoms with van der Waals surface area (Å²) < 4.78 is 6.57. The van der Waals surface area contributed by atoms with Gasteiger partial charge >= 0.3 is 0 Å². The number of hydrogen-bond donors (Lipinski definition) is 1. The van der Waals surface area contributed by atoms with Crippen molar-refractivity contribution in [3.63, 3.8) is 0 Å². The first-order valence-corrected chi connectivity index (χ1v) is 8.51. The molecule has 130 valence electrons. The molecular formula is C18H21N5O2. The minimum Gasteiger partial charge on any atom is -0.375 e. The summed E-state index contributed by atoms with van der Waals surface area (Å²) in [6, 6.07) is 7.38. The molecule has 1 atom stereocenters. The van der Waals surface area contributed by atoms with E-state index in [2.05, 4.69) is 26.3 Å². The lowest BCUT2D eigenvalue weighted by molar-refractivity contribution is 0.345. The second kappa shape index (κ2) is 6.23. The van der Waals surface area contributed by atoms with Crippen molar-refractivity contribution in [2.24, 2.45) is 5.92 Å². The van der Waals surface area contributed by atoms with Gasteiger partial charge in [-0.2, -0.15) is 0 Å². The number of hydrogen-bond acceptors (Lipinski definition) is 6. The maximum absolute atomic E-state index is 12.2. The van der Waals surface area contributed by atoms with Crippen molar-refractivity contribution < 1.29 is 4.52 Å². The summed E-state index contributed by atoms with van der Waals surface area (Å²) in [5.74, 6) is 2.79. The fraction of sp³-hybridized carbons (Fsp3) is 0.389. The highest BCUT2D eigenvalue weighted by Gasteiger charge is 2.24. The summed E-state index contributed by atoms with van der Waals surface area (Å²) in [6.45, 7) is 6.47. The van der Waals surface area contributed by atoms with E-state index in [0.717, 1.165) is 43.3 Å². The maximum Gasteiger partial charge on any atom is 0.289 e. The number of nitrogens with one attached hydrogen (secondary N) is 1. The van der Waals surface area contributed by atoms with Crippen LogP contribution in [-0.2, 0) is 0 Å². The summed E-state index contributed by atoms with van der Waals surface area (Å²) in [4.78, 5) is 23.3. The predicted molar refractivity (Wildman–Crippen MR) is 96.2 cm³/mol. The highest BCUT2D eigenvalue weighted by atomic mass is 16.5. The molecule has 1 saturated heterocycles. The van der Waals surface area contributed by atoms with Gasteiger partial charge in [-0.3, -0.25) is 4.79 Å². The van der Waals surface area contributed by atoms with Crippen molar-refractivity contribution in [1.82, 2.24) is 14.5 Å². The molecular weight excluding hydrogens is 318 g/mol. The number of aromatic nitrogens is 3. The van der Waals surface area contributed by atoms with E-state index >= 15 is 0 Å². The van der Waals surface area contributed by atoms with E-state index in [9.17, 15) is 4.79 Å². The second-order valence-corrected chi connectivity index (χ2v) is 6.65. The molecule has 25 heavy (non-hydrogen) atoms. The van der Waals surface area contributed by atoms with Crippen LogP contribution in [0.1, 0.15) is 17.7 Å². The fourth-order valence-corrected chi connectivity index (χ4v) is 3.20. The van der Waals surface area contributed by atoms with Gasteiger partial charge < -0.3 is 14.7 Å². The summed E-state index contributed by atoms with van der Waals surface area (Å²) in [6.07, 6.45) is 2.92. The first-order valence-electron chi connectivity index (χ1n) is 8.51. The molecule has 0 bridgehead atoms. The summed E-state index contributed by atoms with van der Waals surface area (Å²) >= 11 is 0. The molecule has 0 unspecified atom stereocenters. The quantitative estimate of drug-likeness (QED) is 0.786. The molecule has 0 saturated carbocycles. The van der Waals surface area contributed by atoms with Gasteiger partial charge in [-0.15, -0.1) is 4.57 Å². The summed E-state index contributed by atoms with van der Waals surface area (Å²) in [7, 11) is 0. The third-order valence-corrected chi connectivity index (χ3v) is 4.55. The van der Waals surface area contributed by atoms with Crippen LogP contribution in [0.5, 0.6) is 0 Å². The van der Waals surface area contributed by atoms with Gasteiger partial charge in [-0.05, 0) is 37.8 Å². The van der Waals surface area contributed by atoms with Crippen molar-refractivity contribution in [3.8, 4) is 0 Å². The summed E-state index contributed by atoms with van der Waals surface area (Å²) in [5.41, 5.74) is 1.53. The second-order valence-electron chi connectivity index (χ2n) is 6.65. The Morgan fingerprint density at radius 3 is 3.00 bits per heavy atom. The molecule has 0 aromatic carbocycles. The SMILES string of the molecule is Cc1ccc(NC[C@@H]2CCN(c3cc(=O)n4oc(C)cc4n3)C2)nc1. The average molecular weight is 339 g/mol. The monoisotopic (exact) mass is 339 g/mol. The standard InChI is InChI=1S/C18H21N5O2/c1-12-3-4-15(19-9-12)20-10-14-5-6-22(11-14)16-8-18(24)23-17(21-16)7-13(2)25-23/h3-4,7-9,14H,5-6,10-11H2,1-2H3,(H,19,20)/t14-/m0/s1. The molecule has 3 aromatic rings. The molecule has 1 aliphatic heterocycles. The van der Waals surface area contributed by atoms with Gasteiger partial charge in [-0.25, -0.2) is 9.97 Å². The van der Waals surface area contributed by atoms with Crippen LogP contribution < -0.4 is 15.8 Å². The molecule has 1 aliphatic rings. The lowest BCUT2D eigenvalue weighted by Crippen LogP contribution is -2.25. The van der Waals surface area contributed by atoms with Crippen molar-refractivity contribution in [2.45, 2.75) is 20.3 Å². The Morgan fingerprint density at radius 1 is 1.32 bits per heavy atom. The molecule has 1 fully saturated rings. The van der Waals surface area contributed by atoms with E-state index in [-0.39, 0.29) is 5.56 Å². The number of anilines is 2. The smallest absolute Gasteiger partial charge is 0.289 e. The average Bonchev–Trinajstić information content (AvgIpc) is 3.20. The van der Waals surface area contributed by atoms with Gasteiger partial charge in [0.15, 0.2) is 5.65 Å². The first-order chi connectivity index (χ1) is 12.1. The number of fused-ring (bicyclic) bond motifs is 1. The Hall–Kier alpha value is -2.83. The minimum absolute atomic E-state index is 0.182. The van der Waals surface area contributed by atoms with Crippen LogP contribution in [0.15, 0.2) is 39.8 Å². The van der Waals surface area contributed by atoms with Gasteiger partial charge in [0.05, 0.1) is 0 Å². The van der Waals surface area contributed by atoms with Crippen molar-refractivity contribution in [2.75, 3.05) is 29.9 Å². The highest BCUT2D eigenvalue weighted by molar-refractivity contribution is 5.48. The van der Waals surface area contributed by atoms with Gasteiger partial charge in [0.25, 0.3) is 5.56 Å². The van der Waals surface area contributed by atoms with Crippen LogP contribution in [0, 0.1) is 19.8 Å². The molecule has 4 rings (SSSR count). The van der Waals surface area contributed by atoms with E-state index in [0.29, 0.717) is 17.3 Å². The molecule has 4 heterocycles. The first kappa shape index (κ1) is 15.7. The van der Waals surface area contributed by atoms with Crippen LogP contribution in [-0.4, -0.2) is 34.2 Å². The Labute approximate surface area is 145 Å². The van der Waals surface area contributed by atoms with Crippen molar-refractivity contribution in [3.05, 3.63) is 52.1 Å². The Morgan fingerprint density at radius 2 is 2.20 bits per heavy atom. The minimum atomic E-state index is -0.182. The zero-order valence-electron chi connectivity index (χ0n) is 14.4. The molecule has 0 radical (unpaired) electrons. The normalized spacial score (nSPS) is 17.4. The van der Waals surface area contributed by atoms with Crippen LogP contribution in [0.25, 0.3) is 5.65 Å².